The summed E-state index contributed by atoms with van der Waals surface area (Å²) in [5, 5.41) is 13.1. The van der Waals surface area contributed by atoms with Crippen LogP contribution in [0.15, 0.2) is 70.0 Å². The predicted octanol–water partition coefficient (Wildman–Crippen LogP) is 6.98. The van der Waals surface area contributed by atoms with Gasteiger partial charge in [-0.25, -0.2) is 4.39 Å². The van der Waals surface area contributed by atoms with E-state index in [4.69, 9.17) is 4.74 Å². The van der Waals surface area contributed by atoms with Gasteiger partial charge in [-0.2, -0.15) is 13.2 Å². The number of carbonyl (C=O) groups is 3. The molecule has 206 valence electrons. The van der Waals surface area contributed by atoms with Gasteiger partial charge in [0.2, 0.25) is 11.7 Å². The molecule has 1 aliphatic heterocycles. The molecule has 0 aliphatic carbocycles. The van der Waals surface area contributed by atoms with E-state index >= 15 is 0 Å². The SMILES string of the molecule is O=C(CN1C(=O)S/C(=C/c2ccc(Oc3ccc(C(F)(F)F)cc3[N+](=O)[O-])c(Br)c2)C1=O)Nc1ccc(F)cc1. The maximum atomic E-state index is 13.0. The summed E-state index contributed by atoms with van der Waals surface area (Å²) in [5.74, 6) is -2.28. The van der Waals surface area contributed by atoms with Gasteiger partial charge in [0, 0.05) is 11.8 Å². The van der Waals surface area contributed by atoms with Crippen molar-refractivity contribution in [2.75, 3.05) is 11.9 Å². The quantitative estimate of drug-likeness (QED) is 0.128. The molecule has 1 saturated heterocycles. The second-order valence-corrected chi connectivity index (χ2v) is 9.90. The van der Waals surface area contributed by atoms with Gasteiger partial charge in [0.05, 0.1) is 19.9 Å². The fraction of sp³-hybridized carbons (Fsp3) is 0.0800. The highest BCUT2D eigenvalue weighted by Crippen LogP contribution is 2.40. The number of rotatable bonds is 7. The molecule has 0 atom stereocenters. The van der Waals surface area contributed by atoms with E-state index in [-0.39, 0.29) is 20.8 Å². The van der Waals surface area contributed by atoms with Crippen molar-refractivity contribution in [2.24, 2.45) is 0 Å². The smallest absolute Gasteiger partial charge is 0.416 e. The molecule has 0 radical (unpaired) electrons. The van der Waals surface area contributed by atoms with Crippen LogP contribution >= 0.6 is 27.7 Å². The summed E-state index contributed by atoms with van der Waals surface area (Å²) in [7, 11) is 0. The largest absolute Gasteiger partial charge is 0.449 e. The molecular formula is C25H14BrF4N3O6S. The molecule has 0 unspecified atom stereocenters. The number of benzene rings is 3. The van der Waals surface area contributed by atoms with Crippen LogP contribution in [0.1, 0.15) is 11.1 Å². The third-order valence-electron chi connectivity index (χ3n) is 5.26. The molecule has 0 bridgehead atoms. The van der Waals surface area contributed by atoms with E-state index in [0.717, 1.165) is 23.1 Å². The summed E-state index contributed by atoms with van der Waals surface area (Å²) in [6.45, 7) is -0.568. The molecule has 1 fully saturated rings. The maximum Gasteiger partial charge on any atom is 0.416 e. The second kappa shape index (κ2) is 11.5. The molecule has 3 aromatic rings. The lowest BCUT2D eigenvalue weighted by atomic mass is 10.1. The normalized spacial score (nSPS) is 14.5. The average Bonchev–Trinajstić information content (AvgIpc) is 3.13. The number of amides is 3. The Morgan fingerprint density at radius 3 is 2.38 bits per heavy atom. The van der Waals surface area contributed by atoms with E-state index in [0.29, 0.717) is 29.5 Å². The predicted molar refractivity (Wildman–Crippen MR) is 140 cm³/mol. The first kappa shape index (κ1) is 28.8. The molecular weight excluding hydrogens is 626 g/mol. The van der Waals surface area contributed by atoms with Crippen LogP contribution in [0, 0.1) is 15.9 Å². The van der Waals surface area contributed by atoms with Gasteiger partial charge < -0.3 is 10.1 Å². The van der Waals surface area contributed by atoms with Crippen molar-refractivity contribution in [3.63, 3.8) is 0 Å². The summed E-state index contributed by atoms with van der Waals surface area (Å²) in [4.78, 5) is 48.5. The van der Waals surface area contributed by atoms with Crippen LogP contribution < -0.4 is 10.1 Å². The summed E-state index contributed by atoms with van der Waals surface area (Å²) in [6.07, 6.45) is -3.41. The molecule has 4 rings (SSSR count). The molecule has 1 aliphatic rings. The number of nitrogens with zero attached hydrogens (tertiary/aromatic N) is 2. The third-order valence-corrected chi connectivity index (χ3v) is 6.79. The Balaban J connectivity index is 1.47. The van der Waals surface area contributed by atoms with Crippen LogP contribution in [0.5, 0.6) is 11.5 Å². The number of hydrogen-bond acceptors (Lipinski definition) is 7. The number of alkyl halides is 3. The Bertz CT molecular complexity index is 1560. The number of nitro benzene ring substituents is 1. The number of anilines is 1. The molecule has 0 spiro atoms. The summed E-state index contributed by atoms with van der Waals surface area (Å²) >= 11 is 3.82. The van der Waals surface area contributed by atoms with E-state index in [9.17, 15) is 42.1 Å². The first-order valence-electron chi connectivity index (χ1n) is 11.0. The number of imide groups is 1. The van der Waals surface area contributed by atoms with Gasteiger partial charge >= 0.3 is 11.9 Å². The van der Waals surface area contributed by atoms with Crippen molar-refractivity contribution < 1.29 is 41.6 Å². The Labute approximate surface area is 235 Å². The number of carbonyl (C=O) groups excluding carboxylic acids is 3. The highest BCUT2D eigenvalue weighted by atomic mass is 79.9. The van der Waals surface area contributed by atoms with Crippen LogP contribution in [0.3, 0.4) is 0 Å². The zero-order chi connectivity index (χ0) is 29.2. The van der Waals surface area contributed by atoms with E-state index in [2.05, 4.69) is 21.2 Å². The molecule has 3 amide bonds. The first-order chi connectivity index (χ1) is 18.8. The van der Waals surface area contributed by atoms with Gasteiger partial charge in [-0.3, -0.25) is 29.4 Å². The van der Waals surface area contributed by atoms with Gasteiger partial charge in [0.25, 0.3) is 11.1 Å². The van der Waals surface area contributed by atoms with E-state index in [1.54, 1.807) is 0 Å². The highest BCUT2D eigenvalue weighted by molar-refractivity contribution is 9.10. The van der Waals surface area contributed by atoms with Crippen LogP contribution in [0.4, 0.5) is 33.7 Å². The number of nitro groups is 1. The zero-order valence-corrected chi connectivity index (χ0v) is 22.1. The second-order valence-electron chi connectivity index (χ2n) is 8.05. The highest BCUT2D eigenvalue weighted by Gasteiger charge is 2.36. The molecule has 1 N–H and O–H groups in total. The number of hydrogen-bond donors (Lipinski definition) is 1. The summed E-state index contributed by atoms with van der Waals surface area (Å²) in [5.41, 5.74) is -1.41. The average molecular weight is 640 g/mol. The minimum Gasteiger partial charge on any atom is -0.449 e. The molecule has 0 aromatic heterocycles. The van der Waals surface area contributed by atoms with E-state index in [1.807, 2.05) is 0 Å². The minimum atomic E-state index is -4.78. The lowest BCUT2D eigenvalue weighted by Gasteiger charge is -2.12. The molecule has 1 heterocycles. The molecule has 3 aromatic carbocycles. The summed E-state index contributed by atoms with van der Waals surface area (Å²) in [6, 6.07) is 11.0. The standard InChI is InChI=1S/C25H14BrF4N3O6S/c26-17-9-13(1-7-19(17)39-20-8-2-14(25(28,29)30)11-18(20)33(37)38)10-21-23(35)32(24(36)40-21)12-22(34)31-16-5-3-15(27)4-6-16/h1-11H,12H2,(H,31,34)/b21-10+. The third kappa shape index (κ3) is 6.66. The lowest BCUT2D eigenvalue weighted by molar-refractivity contribution is -0.385. The number of ether oxygens (including phenoxy) is 1. The number of thioether (sulfide) groups is 1. The van der Waals surface area contributed by atoms with Crippen molar-refractivity contribution in [3.05, 3.63) is 97.1 Å². The van der Waals surface area contributed by atoms with Crippen LogP contribution in [-0.2, 0) is 15.8 Å². The van der Waals surface area contributed by atoms with E-state index < -0.39 is 57.5 Å². The number of nitrogens with one attached hydrogen (secondary N) is 1. The van der Waals surface area contributed by atoms with Gasteiger partial charge in [-0.05, 0) is 87.9 Å². The fourth-order valence-electron chi connectivity index (χ4n) is 3.40. The fourth-order valence-corrected chi connectivity index (χ4v) is 4.71. The van der Waals surface area contributed by atoms with Crippen LogP contribution in [0.25, 0.3) is 6.08 Å². The van der Waals surface area contributed by atoms with Crippen LogP contribution in [-0.4, -0.2) is 33.4 Å². The van der Waals surface area contributed by atoms with Gasteiger partial charge in [-0.15, -0.1) is 0 Å². The molecule has 15 heteroatoms. The van der Waals surface area contributed by atoms with Gasteiger partial charge in [-0.1, -0.05) is 6.07 Å². The molecule has 0 saturated carbocycles. The van der Waals surface area contributed by atoms with E-state index in [1.165, 1.54) is 36.4 Å². The summed E-state index contributed by atoms with van der Waals surface area (Å²) < 4.78 is 57.6. The molecule has 9 nitrogen and oxygen atoms in total. The maximum absolute atomic E-state index is 13.0. The van der Waals surface area contributed by atoms with Crippen LogP contribution in [0.2, 0.25) is 0 Å². The zero-order valence-electron chi connectivity index (χ0n) is 19.7. The monoisotopic (exact) mass is 639 g/mol. The topological polar surface area (TPSA) is 119 Å². The van der Waals surface area contributed by atoms with Crippen molar-refractivity contribution in [3.8, 4) is 11.5 Å². The Kier molecular flexibility index (Phi) is 8.25. The number of halogens is 5. The van der Waals surface area contributed by atoms with Crippen molar-refractivity contribution in [1.82, 2.24) is 4.90 Å². The Hall–Kier alpha value is -4.24. The van der Waals surface area contributed by atoms with Crippen molar-refractivity contribution in [2.45, 2.75) is 6.18 Å². The van der Waals surface area contributed by atoms with Crippen molar-refractivity contribution >= 4 is 62.2 Å². The van der Waals surface area contributed by atoms with Crippen molar-refractivity contribution in [1.29, 1.82) is 0 Å². The first-order valence-corrected chi connectivity index (χ1v) is 12.6. The molecule has 40 heavy (non-hydrogen) atoms. The minimum absolute atomic E-state index is 0.0125. The van der Waals surface area contributed by atoms with Gasteiger partial charge in [0.15, 0.2) is 0 Å². The lowest BCUT2D eigenvalue weighted by Crippen LogP contribution is -2.36. The Morgan fingerprint density at radius 1 is 1.07 bits per heavy atom. The van der Waals surface area contributed by atoms with Gasteiger partial charge in [0.1, 0.15) is 18.1 Å². The Morgan fingerprint density at radius 2 is 1.75 bits per heavy atom.